The van der Waals surface area contributed by atoms with Crippen molar-refractivity contribution in [2.24, 2.45) is 10.8 Å². The Morgan fingerprint density at radius 3 is 0.683 bits per heavy atom. The van der Waals surface area contributed by atoms with Gasteiger partial charge in [-0.3, -0.25) is 9.59 Å². The van der Waals surface area contributed by atoms with E-state index in [0.29, 0.717) is 0 Å². The van der Waals surface area contributed by atoms with Crippen LogP contribution in [0, 0.1) is 83.9 Å². The molecular weight excluding hydrogens is 745 g/mol. The molecule has 0 fully saturated rings. The van der Waals surface area contributed by atoms with Crippen molar-refractivity contribution >= 4 is 11.9 Å². The molecule has 0 aromatic carbocycles. The fraction of sp³-hybridized carbons (Fsp3) is 0.741. The Kier molecular flexibility index (Phi) is 105. The van der Waals surface area contributed by atoms with Gasteiger partial charge in [-0.15, -0.1) is 37.5 Å². The number of carbonyl (C=O) groups excluding carboxylic acids is 2. The van der Waals surface area contributed by atoms with Gasteiger partial charge in [0.15, 0.2) is 0 Å². The normalized spacial score (nSPS) is 9.93. The maximum absolute atomic E-state index is 11.2. The van der Waals surface area contributed by atoms with Gasteiger partial charge in [0.25, 0.3) is 0 Å². The molecule has 0 amide bonds. The van der Waals surface area contributed by atoms with Gasteiger partial charge in [0, 0.05) is 38.9 Å². The quantitative estimate of drug-likeness (QED) is 0.161. The highest BCUT2D eigenvalue weighted by molar-refractivity contribution is 5.67. The lowest BCUT2D eigenvalue weighted by molar-refractivity contribution is -0.202. The van der Waals surface area contributed by atoms with Gasteiger partial charge < -0.3 is 18.9 Å². The van der Waals surface area contributed by atoms with Crippen molar-refractivity contribution in [3.05, 3.63) is 0 Å². The summed E-state index contributed by atoms with van der Waals surface area (Å²) in [5.41, 5.74) is -2.34. The van der Waals surface area contributed by atoms with Gasteiger partial charge in [-0.1, -0.05) is 127 Å². The molecule has 0 rings (SSSR count). The van der Waals surface area contributed by atoms with E-state index in [1.807, 2.05) is 83.1 Å². The third-order valence-corrected chi connectivity index (χ3v) is 8.94. The molecule has 0 aromatic rings. The predicted molar refractivity (Wildman–Crippen MR) is 281 cm³/mol. The van der Waals surface area contributed by atoms with Crippen molar-refractivity contribution in [3.8, 4) is 73.1 Å². The first-order valence-corrected chi connectivity index (χ1v) is 17.7. The summed E-state index contributed by atoms with van der Waals surface area (Å²) in [5.74, 6) is 18.1. The Morgan fingerprint density at radius 2 is 0.617 bits per heavy atom. The summed E-state index contributed by atoms with van der Waals surface area (Å²) in [5, 5.41) is 0. The molecule has 0 saturated heterocycles. The highest BCUT2D eigenvalue weighted by atomic mass is 16.6. The van der Waals surface area contributed by atoms with Gasteiger partial charge in [-0.2, -0.15) is 0 Å². The average Bonchev–Trinajstić information content (AvgIpc) is 3.06. The highest BCUT2D eigenvalue weighted by Crippen LogP contribution is 2.48. The standard InChI is InChI=1S/2C13H26O3.2C5H4.2C3H4.2C2H6.8CH4/c2*1-9-13(7,11(3,4)15-8)12(5,6)16-10(2)14;2*1-3-5-4-2;2*1-3-2;2*1-2;;;;;;;;/h2*9H2,1-8H3;2*1H,2H3;2*1H,2H3;2*1-2H3;8*1H4. The number of hydrogen-bond donors (Lipinski definition) is 0. The zero-order chi connectivity index (χ0) is 44.1. The summed E-state index contributed by atoms with van der Waals surface area (Å²) in [6.07, 6.45) is 20.4. The molecule has 0 bridgehead atoms. The number of ether oxygens (including phenoxy) is 4. The van der Waals surface area contributed by atoms with E-state index in [4.69, 9.17) is 31.8 Å². The minimum absolute atomic E-state index is 0. The number of rotatable bonds is 10. The van der Waals surface area contributed by atoms with Crippen LogP contribution in [-0.2, 0) is 28.5 Å². The zero-order valence-corrected chi connectivity index (χ0v) is 38.2. The molecule has 0 aliphatic heterocycles. The molecule has 0 N–H and O–H groups in total. The Morgan fingerprint density at radius 1 is 0.450 bits per heavy atom. The molecule has 6 nitrogen and oxygen atoms in total. The maximum atomic E-state index is 11.2. The van der Waals surface area contributed by atoms with Crippen LogP contribution in [0.3, 0.4) is 0 Å². The molecule has 6 heteroatoms. The lowest BCUT2D eigenvalue weighted by Crippen LogP contribution is -2.57. The number of terminal acetylenes is 4. The molecule has 0 saturated carbocycles. The van der Waals surface area contributed by atoms with Crippen LogP contribution in [0.2, 0.25) is 0 Å². The van der Waals surface area contributed by atoms with E-state index in [1.54, 1.807) is 41.9 Å². The summed E-state index contributed by atoms with van der Waals surface area (Å²) in [6, 6.07) is 0. The molecule has 2 unspecified atom stereocenters. The van der Waals surface area contributed by atoms with Crippen molar-refractivity contribution in [2.45, 2.75) is 247 Å². The predicted octanol–water partition coefficient (Wildman–Crippen LogP) is 16.0. The highest BCUT2D eigenvalue weighted by Gasteiger charge is 2.54. The minimum atomic E-state index is -0.562. The molecule has 60 heavy (non-hydrogen) atoms. The Labute approximate surface area is 384 Å². The maximum Gasteiger partial charge on any atom is 0.303 e. The second-order valence-electron chi connectivity index (χ2n) is 12.6. The molecular formula is C54H112O6. The molecule has 0 aliphatic carbocycles. The second-order valence-corrected chi connectivity index (χ2v) is 12.6. The molecule has 0 aromatic heterocycles. The van der Waals surface area contributed by atoms with Crippen LogP contribution in [-0.4, -0.2) is 48.6 Å². The third kappa shape index (κ3) is 45.3. The minimum Gasteiger partial charge on any atom is -0.459 e. The number of carbonyl (C=O) groups is 2. The summed E-state index contributed by atoms with van der Waals surface area (Å²) >= 11 is 0. The van der Waals surface area contributed by atoms with Crippen LogP contribution < -0.4 is 0 Å². The first kappa shape index (κ1) is 106. The van der Waals surface area contributed by atoms with E-state index in [0.717, 1.165) is 12.8 Å². The van der Waals surface area contributed by atoms with E-state index in [1.165, 1.54) is 13.8 Å². The van der Waals surface area contributed by atoms with Crippen molar-refractivity contribution in [2.75, 3.05) is 14.2 Å². The monoisotopic (exact) mass is 857 g/mol. The third-order valence-electron chi connectivity index (χ3n) is 8.94. The smallest absolute Gasteiger partial charge is 0.303 e. The molecule has 0 radical (unpaired) electrons. The molecule has 0 heterocycles. The van der Waals surface area contributed by atoms with Crippen molar-refractivity contribution in [1.29, 1.82) is 0 Å². The van der Waals surface area contributed by atoms with Gasteiger partial charge in [0.05, 0.1) is 11.2 Å². The van der Waals surface area contributed by atoms with E-state index in [9.17, 15) is 9.59 Å². The lowest BCUT2D eigenvalue weighted by Gasteiger charge is -2.51. The van der Waals surface area contributed by atoms with Crippen LogP contribution >= 0.6 is 0 Å². The summed E-state index contributed by atoms with van der Waals surface area (Å²) < 4.78 is 22.1. The lowest BCUT2D eigenvalue weighted by atomic mass is 9.63. The van der Waals surface area contributed by atoms with E-state index in [-0.39, 0.29) is 93.4 Å². The number of hydrogen-bond acceptors (Lipinski definition) is 6. The second kappa shape index (κ2) is 59.5. The van der Waals surface area contributed by atoms with Crippen molar-refractivity contribution < 1.29 is 28.5 Å². The first-order valence-electron chi connectivity index (χ1n) is 17.7. The van der Waals surface area contributed by atoms with Crippen LogP contribution in [0.25, 0.3) is 0 Å². The molecule has 0 aliphatic rings. The fourth-order valence-corrected chi connectivity index (χ4v) is 4.69. The Hall–Kier alpha value is -3.78. The summed E-state index contributed by atoms with van der Waals surface area (Å²) in [4.78, 5) is 22.3. The van der Waals surface area contributed by atoms with Crippen LogP contribution in [0.5, 0.6) is 0 Å². The van der Waals surface area contributed by atoms with E-state index < -0.39 is 11.2 Å². The van der Waals surface area contributed by atoms with Gasteiger partial charge >= 0.3 is 11.9 Å². The first-order chi connectivity index (χ1) is 23.7. The zero-order valence-electron chi connectivity index (χ0n) is 38.2. The van der Waals surface area contributed by atoms with Gasteiger partial charge in [-0.25, -0.2) is 0 Å². The average molecular weight is 857 g/mol. The van der Waals surface area contributed by atoms with Crippen molar-refractivity contribution in [3.63, 3.8) is 0 Å². The van der Waals surface area contributed by atoms with Crippen LogP contribution in [0.15, 0.2) is 0 Å². The summed E-state index contributed by atoms with van der Waals surface area (Å²) in [7, 11) is 3.38. The summed E-state index contributed by atoms with van der Waals surface area (Å²) in [6.45, 7) is 41.9. The molecule has 0 spiro atoms. The van der Waals surface area contributed by atoms with Gasteiger partial charge in [0.1, 0.15) is 11.2 Å². The van der Waals surface area contributed by atoms with Crippen LogP contribution in [0.4, 0.5) is 0 Å². The SMILES string of the molecule is C.C.C.C.C.C.C.C.C#CC.C#CC.C#CC#CC.C#CC#CC.CC.CC.CCC(C)(C(C)(C)OC)C(C)(C)OC(C)=O.CCC(C)(C(C)(C)OC)C(C)(C)OC(C)=O. The number of esters is 2. The Balaban J connectivity index is -0.0000000293. The van der Waals surface area contributed by atoms with Crippen molar-refractivity contribution in [1.82, 2.24) is 0 Å². The largest absolute Gasteiger partial charge is 0.459 e. The fourth-order valence-electron chi connectivity index (χ4n) is 4.69. The number of methoxy groups -OCH3 is 2. The van der Waals surface area contributed by atoms with Gasteiger partial charge in [-0.05, 0) is 120 Å². The molecule has 2 atom stereocenters. The molecule has 364 valence electrons. The Bertz CT molecular complexity index is 1110. The van der Waals surface area contributed by atoms with E-state index >= 15 is 0 Å². The van der Waals surface area contributed by atoms with Gasteiger partial charge in [0.2, 0.25) is 0 Å². The topological polar surface area (TPSA) is 71.1 Å². The van der Waals surface area contributed by atoms with E-state index in [2.05, 4.69) is 87.9 Å². The van der Waals surface area contributed by atoms with Crippen LogP contribution in [0.1, 0.15) is 225 Å².